The van der Waals surface area contributed by atoms with Crippen LogP contribution in [0.15, 0.2) is 23.8 Å². The summed E-state index contributed by atoms with van der Waals surface area (Å²) in [5.74, 6) is -0.525. The molecule has 94 valence electrons. The van der Waals surface area contributed by atoms with Crippen LogP contribution < -0.4 is 10.1 Å². The van der Waals surface area contributed by atoms with Gasteiger partial charge in [-0.15, -0.1) is 11.3 Å². The van der Waals surface area contributed by atoms with Crippen molar-refractivity contribution in [2.24, 2.45) is 0 Å². The van der Waals surface area contributed by atoms with Crippen molar-refractivity contribution in [2.75, 3.05) is 11.9 Å². The lowest BCUT2D eigenvalue weighted by atomic mass is 10.4. The molecule has 0 spiro atoms. The Labute approximate surface area is 107 Å². The lowest BCUT2D eigenvalue weighted by Crippen LogP contribution is -2.01. The maximum absolute atomic E-state index is 10.9. The van der Waals surface area contributed by atoms with Crippen LogP contribution in [0.5, 0.6) is 5.88 Å². The second-order valence-electron chi connectivity index (χ2n) is 3.28. The Morgan fingerprint density at radius 1 is 1.50 bits per heavy atom. The van der Waals surface area contributed by atoms with Gasteiger partial charge < -0.3 is 15.2 Å². The van der Waals surface area contributed by atoms with Gasteiger partial charge in [0.25, 0.3) is 0 Å². The van der Waals surface area contributed by atoms with E-state index in [4.69, 9.17) is 9.84 Å². The van der Waals surface area contributed by atoms with Gasteiger partial charge in [-0.3, -0.25) is 0 Å². The van der Waals surface area contributed by atoms with Crippen molar-refractivity contribution in [3.63, 3.8) is 0 Å². The van der Waals surface area contributed by atoms with E-state index in [0.717, 1.165) is 0 Å². The number of hydrogen-bond acceptors (Lipinski definition) is 6. The van der Waals surface area contributed by atoms with Crippen LogP contribution in [0.3, 0.4) is 0 Å². The number of thiazole rings is 1. The van der Waals surface area contributed by atoms with Gasteiger partial charge in [-0.25, -0.2) is 14.8 Å². The first-order valence-corrected chi connectivity index (χ1v) is 6.11. The lowest BCUT2D eigenvalue weighted by molar-refractivity contribution is 0.0692. The minimum atomic E-state index is -1.06. The Morgan fingerprint density at radius 3 is 2.94 bits per heavy atom. The number of carbonyl (C=O) groups is 1. The van der Waals surface area contributed by atoms with Gasteiger partial charge in [0, 0.05) is 6.07 Å². The van der Waals surface area contributed by atoms with Crippen LogP contribution in [0, 0.1) is 0 Å². The summed E-state index contributed by atoms with van der Waals surface area (Å²) in [4.78, 5) is 18.7. The number of ether oxygens (including phenoxy) is 1. The average molecular weight is 265 g/mol. The van der Waals surface area contributed by atoms with E-state index in [1.165, 1.54) is 16.8 Å². The minimum absolute atomic E-state index is 0.00823. The lowest BCUT2D eigenvalue weighted by Gasteiger charge is -2.05. The summed E-state index contributed by atoms with van der Waals surface area (Å²) < 4.78 is 5.22. The molecule has 0 aliphatic carbocycles. The fourth-order valence-corrected chi connectivity index (χ4v) is 2.00. The summed E-state index contributed by atoms with van der Waals surface area (Å²) in [7, 11) is 0. The molecule has 18 heavy (non-hydrogen) atoms. The predicted molar refractivity (Wildman–Crippen MR) is 67.8 cm³/mol. The number of rotatable bonds is 5. The van der Waals surface area contributed by atoms with Crippen molar-refractivity contribution in [3.8, 4) is 5.88 Å². The molecule has 0 aliphatic rings. The van der Waals surface area contributed by atoms with E-state index in [-0.39, 0.29) is 5.69 Å². The first-order valence-electron chi connectivity index (χ1n) is 5.23. The molecule has 2 rings (SSSR count). The van der Waals surface area contributed by atoms with E-state index in [2.05, 4.69) is 15.3 Å². The molecule has 2 heterocycles. The maximum Gasteiger partial charge on any atom is 0.357 e. The molecule has 2 N–H and O–H groups in total. The molecule has 0 unspecified atom stereocenters. The first kappa shape index (κ1) is 12.3. The summed E-state index contributed by atoms with van der Waals surface area (Å²) in [6.07, 6.45) is 1.58. The predicted octanol–water partition coefficient (Wildman–Crippen LogP) is 2.38. The van der Waals surface area contributed by atoms with Crippen molar-refractivity contribution in [3.05, 3.63) is 29.5 Å². The highest BCUT2D eigenvalue weighted by atomic mass is 32.1. The van der Waals surface area contributed by atoms with Crippen molar-refractivity contribution < 1.29 is 14.6 Å². The van der Waals surface area contributed by atoms with E-state index in [9.17, 15) is 4.79 Å². The normalized spacial score (nSPS) is 10.1. The van der Waals surface area contributed by atoms with E-state index in [0.29, 0.717) is 23.2 Å². The molecule has 2 aromatic heterocycles. The first-order chi connectivity index (χ1) is 8.70. The summed E-state index contributed by atoms with van der Waals surface area (Å²) in [6.45, 7) is 2.43. The molecule has 6 nitrogen and oxygen atoms in total. The maximum atomic E-state index is 10.9. The fraction of sp³-hybridized carbons (Fsp3) is 0.182. The van der Waals surface area contributed by atoms with Crippen LogP contribution in [-0.4, -0.2) is 27.7 Å². The van der Waals surface area contributed by atoms with Crippen molar-refractivity contribution in [2.45, 2.75) is 6.92 Å². The Kier molecular flexibility index (Phi) is 3.73. The van der Waals surface area contributed by atoms with Crippen molar-refractivity contribution >= 4 is 28.0 Å². The van der Waals surface area contributed by atoms with Gasteiger partial charge in [-0.1, -0.05) is 0 Å². The molecule has 0 aromatic carbocycles. The van der Waals surface area contributed by atoms with Crippen LogP contribution in [0.25, 0.3) is 0 Å². The fourth-order valence-electron chi connectivity index (χ4n) is 1.31. The van der Waals surface area contributed by atoms with Gasteiger partial charge in [-0.2, -0.15) is 0 Å². The van der Waals surface area contributed by atoms with Crippen LogP contribution in [-0.2, 0) is 0 Å². The number of nitrogens with zero attached hydrogens (tertiary/aromatic N) is 2. The second kappa shape index (κ2) is 5.46. The number of pyridine rings is 1. The molecule has 0 atom stereocenters. The Bertz CT molecular complexity index is 539. The van der Waals surface area contributed by atoms with E-state index < -0.39 is 5.97 Å². The summed E-state index contributed by atoms with van der Waals surface area (Å²) in [5.41, 5.74) is 2.17. The molecule has 0 saturated heterocycles. The molecule has 0 radical (unpaired) electrons. The van der Waals surface area contributed by atoms with Crippen LogP contribution in [0.2, 0.25) is 0 Å². The Morgan fingerprint density at radius 2 is 2.33 bits per heavy atom. The molecule has 2 aromatic rings. The molecule has 0 amide bonds. The number of carboxylic acids is 1. The molecular formula is C11H11N3O3S. The third-order valence-electron chi connectivity index (χ3n) is 2.06. The average Bonchev–Trinajstić information content (AvgIpc) is 2.80. The van der Waals surface area contributed by atoms with Crippen molar-refractivity contribution in [1.29, 1.82) is 0 Å². The smallest absolute Gasteiger partial charge is 0.357 e. The number of nitrogens with one attached hydrogen (secondary N) is 1. The number of hydrogen-bond donors (Lipinski definition) is 2. The highest BCUT2D eigenvalue weighted by Gasteiger charge is 2.13. The third-order valence-corrected chi connectivity index (χ3v) is 2.80. The van der Waals surface area contributed by atoms with E-state index in [1.807, 2.05) is 6.92 Å². The molecule has 0 saturated carbocycles. The van der Waals surface area contributed by atoms with Crippen LogP contribution in [0.4, 0.5) is 10.7 Å². The topological polar surface area (TPSA) is 84.3 Å². The third kappa shape index (κ3) is 2.75. The summed E-state index contributed by atoms with van der Waals surface area (Å²) >= 11 is 1.23. The monoisotopic (exact) mass is 265 g/mol. The zero-order chi connectivity index (χ0) is 13.0. The van der Waals surface area contributed by atoms with Gasteiger partial charge in [0.05, 0.1) is 24.0 Å². The van der Waals surface area contributed by atoms with E-state index in [1.54, 1.807) is 18.3 Å². The van der Waals surface area contributed by atoms with E-state index >= 15 is 0 Å². The zero-order valence-electron chi connectivity index (χ0n) is 9.58. The molecule has 0 bridgehead atoms. The molecule has 0 fully saturated rings. The SMILES string of the molecule is CCOc1ccc(Nc2scnc2C(=O)O)cn1. The summed E-state index contributed by atoms with van der Waals surface area (Å²) in [6, 6.07) is 3.48. The second-order valence-corrected chi connectivity index (χ2v) is 4.13. The largest absolute Gasteiger partial charge is 0.478 e. The van der Waals surface area contributed by atoms with Crippen LogP contribution >= 0.6 is 11.3 Å². The van der Waals surface area contributed by atoms with Crippen LogP contribution in [0.1, 0.15) is 17.4 Å². The quantitative estimate of drug-likeness (QED) is 0.863. The van der Waals surface area contributed by atoms with Gasteiger partial charge in [-0.05, 0) is 13.0 Å². The van der Waals surface area contributed by atoms with Gasteiger partial charge in [0.15, 0.2) is 5.69 Å². The number of anilines is 2. The zero-order valence-corrected chi connectivity index (χ0v) is 10.4. The highest BCUT2D eigenvalue weighted by Crippen LogP contribution is 2.25. The van der Waals surface area contributed by atoms with Crippen molar-refractivity contribution in [1.82, 2.24) is 9.97 Å². The minimum Gasteiger partial charge on any atom is -0.478 e. The molecular weight excluding hydrogens is 254 g/mol. The molecule has 0 aliphatic heterocycles. The number of aromatic nitrogens is 2. The molecule has 7 heteroatoms. The highest BCUT2D eigenvalue weighted by molar-refractivity contribution is 7.14. The van der Waals surface area contributed by atoms with Gasteiger partial charge in [0.2, 0.25) is 5.88 Å². The van der Waals surface area contributed by atoms with Gasteiger partial charge >= 0.3 is 5.97 Å². The summed E-state index contributed by atoms with van der Waals surface area (Å²) in [5, 5.41) is 12.4. The number of aromatic carboxylic acids is 1. The Hall–Kier alpha value is -2.15. The van der Waals surface area contributed by atoms with Gasteiger partial charge in [0.1, 0.15) is 5.00 Å². The standard InChI is InChI=1S/C11H11N3O3S/c1-2-17-8-4-3-7(5-12-8)14-10-9(11(15)16)13-6-18-10/h3-6,14H,2H2,1H3,(H,15,16). The Balaban J connectivity index is 2.13. The number of carboxylic acid groups (broad SMARTS) is 1.